The van der Waals surface area contributed by atoms with E-state index in [0.29, 0.717) is 6.04 Å². The molecule has 0 saturated carbocycles. The SMILES string of the molecule is CC(Nc1ccccc1Br)c1ccc2c(c1)CCCC2. The van der Waals surface area contributed by atoms with Crippen LogP contribution in [0.25, 0.3) is 0 Å². The van der Waals surface area contributed by atoms with Gasteiger partial charge in [0.05, 0.1) is 0 Å². The minimum atomic E-state index is 0.320. The zero-order chi connectivity index (χ0) is 13.9. The lowest BCUT2D eigenvalue weighted by Crippen LogP contribution is -2.09. The summed E-state index contributed by atoms with van der Waals surface area (Å²) in [6.45, 7) is 2.23. The van der Waals surface area contributed by atoms with Crippen LogP contribution in [0.3, 0.4) is 0 Å². The van der Waals surface area contributed by atoms with E-state index in [-0.39, 0.29) is 0 Å². The second-order valence-corrected chi connectivity index (χ2v) is 6.44. The first-order chi connectivity index (χ1) is 9.74. The van der Waals surface area contributed by atoms with Crippen molar-refractivity contribution in [3.8, 4) is 0 Å². The summed E-state index contributed by atoms with van der Waals surface area (Å²) in [7, 11) is 0. The zero-order valence-electron chi connectivity index (χ0n) is 11.8. The highest BCUT2D eigenvalue weighted by atomic mass is 79.9. The lowest BCUT2D eigenvalue weighted by molar-refractivity contribution is 0.683. The van der Waals surface area contributed by atoms with Crippen LogP contribution in [-0.2, 0) is 12.8 Å². The minimum Gasteiger partial charge on any atom is -0.378 e. The van der Waals surface area contributed by atoms with Gasteiger partial charge in [0.2, 0.25) is 0 Å². The van der Waals surface area contributed by atoms with Crippen LogP contribution in [0, 0.1) is 0 Å². The van der Waals surface area contributed by atoms with E-state index in [1.54, 1.807) is 11.1 Å². The average Bonchev–Trinajstić information content (AvgIpc) is 2.49. The van der Waals surface area contributed by atoms with Crippen LogP contribution >= 0.6 is 15.9 Å². The molecule has 1 aliphatic carbocycles. The molecule has 0 amide bonds. The van der Waals surface area contributed by atoms with Crippen LogP contribution in [0.2, 0.25) is 0 Å². The Kier molecular flexibility index (Phi) is 4.11. The maximum Gasteiger partial charge on any atom is 0.0489 e. The third kappa shape index (κ3) is 2.90. The molecule has 0 bridgehead atoms. The lowest BCUT2D eigenvalue weighted by Gasteiger charge is -2.21. The van der Waals surface area contributed by atoms with E-state index in [0.717, 1.165) is 10.2 Å². The Labute approximate surface area is 129 Å². The molecule has 3 rings (SSSR count). The molecule has 2 heteroatoms. The molecule has 0 fully saturated rings. The number of para-hydroxylation sites is 1. The molecule has 1 nitrogen and oxygen atoms in total. The van der Waals surface area contributed by atoms with Crippen LogP contribution < -0.4 is 5.32 Å². The first-order valence-corrected chi connectivity index (χ1v) is 8.16. The first kappa shape index (κ1) is 13.7. The van der Waals surface area contributed by atoms with Crippen LogP contribution in [-0.4, -0.2) is 0 Å². The van der Waals surface area contributed by atoms with Gasteiger partial charge in [-0.2, -0.15) is 0 Å². The summed E-state index contributed by atoms with van der Waals surface area (Å²) >= 11 is 3.59. The molecule has 0 aromatic heterocycles. The Morgan fingerprint density at radius 3 is 2.55 bits per heavy atom. The van der Waals surface area contributed by atoms with Crippen molar-refractivity contribution < 1.29 is 0 Å². The Hall–Kier alpha value is -1.28. The number of halogens is 1. The largest absolute Gasteiger partial charge is 0.378 e. The van der Waals surface area contributed by atoms with Crippen molar-refractivity contribution in [3.05, 3.63) is 63.6 Å². The zero-order valence-corrected chi connectivity index (χ0v) is 13.4. The molecule has 20 heavy (non-hydrogen) atoms. The standard InChI is InChI=1S/C18H20BrN/c1-13(20-18-9-5-4-8-17(18)19)15-11-10-14-6-2-3-7-16(14)12-15/h4-5,8-13,20H,2-3,6-7H2,1H3. The molecular formula is C18H20BrN. The van der Waals surface area contributed by atoms with Crippen molar-refractivity contribution in [2.75, 3.05) is 5.32 Å². The summed E-state index contributed by atoms with van der Waals surface area (Å²) in [4.78, 5) is 0. The number of anilines is 1. The molecule has 104 valence electrons. The molecule has 0 spiro atoms. The van der Waals surface area contributed by atoms with Gasteiger partial charge in [-0.05, 0) is 77.4 Å². The second kappa shape index (κ2) is 6.01. The predicted molar refractivity (Wildman–Crippen MR) is 89.3 cm³/mol. The highest BCUT2D eigenvalue weighted by Gasteiger charge is 2.12. The highest BCUT2D eigenvalue weighted by Crippen LogP contribution is 2.29. The van der Waals surface area contributed by atoms with Gasteiger partial charge in [0.15, 0.2) is 0 Å². The van der Waals surface area contributed by atoms with E-state index in [1.807, 2.05) is 6.07 Å². The van der Waals surface area contributed by atoms with Crippen LogP contribution in [0.4, 0.5) is 5.69 Å². The third-order valence-corrected chi connectivity index (χ3v) is 4.81. The number of nitrogens with one attached hydrogen (secondary N) is 1. The van der Waals surface area contributed by atoms with Gasteiger partial charge in [0, 0.05) is 16.2 Å². The van der Waals surface area contributed by atoms with E-state index in [9.17, 15) is 0 Å². The molecular weight excluding hydrogens is 310 g/mol. The van der Waals surface area contributed by atoms with Crippen molar-refractivity contribution in [2.45, 2.75) is 38.6 Å². The van der Waals surface area contributed by atoms with E-state index < -0.39 is 0 Å². The highest BCUT2D eigenvalue weighted by molar-refractivity contribution is 9.10. The van der Waals surface area contributed by atoms with Crippen LogP contribution in [0.1, 0.15) is 42.5 Å². The van der Waals surface area contributed by atoms with E-state index in [4.69, 9.17) is 0 Å². The second-order valence-electron chi connectivity index (χ2n) is 5.58. The Morgan fingerprint density at radius 2 is 1.75 bits per heavy atom. The molecule has 2 aromatic carbocycles. The number of rotatable bonds is 3. The number of hydrogen-bond acceptors (Lipinski definition) is 1. The van der Waals surface area contributed by atoms with Crippen molar-refractivity contribution in [1.29, 1.82) is 0 Å². The minimum absolute atomic E-state index is 0.320. The predicted octanol–water partition coefficient (Wildman–Crippen LogP) is 5.50. The maximum atomic E-state index is 3.59. The molecule has 2 aromatic rings. The summed E-state index contributed by atoms with van der Waals surface area (Å²) in [5, 5.41) is 3.59. The molecule has 1 atom stereocenters. The van der Waals surface area contributed by atoms with Gasteiger partial charge in [0.25, 0.3) is 0 Å². The summed E-state index contributed by atoms with van der Waals surface area (Å²) in [6, 6.07) is 15.6. The van der Waals surface area contributed by atoms with Crippen LogP contribution in [0.5, 0.6) is 0 Å². The van der Waals surface area contributed by atoms with Gasteiger partial charge >= 0.3 is 0 Å². The summed E-state index contributed by atoms with van der Waals surface area (Å²) in [6.07, 6.45) is 5.17. The first-order valence-electron chi connectivity index (χ1n) is 7.37. The average molecular weight is 330 g/mol. The Bertz CT molecular complexity index is 606. The van der Waals surface area contributed by atoms with Gasteiger partial charge in [0.1, 0.15) is 0 Å². The fourth-order valence-corrected chi connectivity index (χ4v) is 3.32. The number of aryl methyl sites for hydroxylation is 2. The van der Waals surface area contributed by atoms with Crippen molar-refractivity contribution in [1.82, 2.24) is 0 Å². The van der Waals surface area contributed by atoms with E-state index >= 15 is 0 Å². The van der Waals surface area contributed by atoms with E-state index in [2.05, 4.69) is 64.6 Å². The van der Waals surface area contributed by atoms with E-state index in [1.165, 1.54) is 31.2 Å². The number of hydrogen-bond donors (Lipinski definition) is 1. The fraction of sp³-hybridized carbons (Fsp3) is 0.333. The van der Waals surface area contributed by atoms with Gasteiger partial charge in [-0.3, -0.25) is 0 Å². The van der Waals surface area contributed by atoms with Gasteiger partial charge < -0.3 is 5.32 Å². The molecule has 0 radical (unpaired) electrons. The molecule has 0 heterocycles. The summed E-state index contributed by atoms with van der Waals surface area (Å²) < 4.78 is 1.12. The van der Waals surface area contributed by atoms with Gasteiger partial charge in [-0.25, -0.2) is 0 Å². The van der Waals surface area contributed by atoms with Crippen molar-refractivity contribution in [2.24, 2.45) is 0 Å². The number of benzene rings is 2. The van der Waals surface area contributed by atoms with Gasteiger partial charge in [-0.1, -0.05) is 30.3 Å². The molecule has 1 unspecified atom stereocenters. The molecule has 1 aliphatic rings. The number of fused-ring (bicyclic) bond motifs is 1. The van der Waals surface area contributed by atoms with Crippen LogP contribution in [0.15, 0.2) is 46.9 Å². The smallest absolute Gasteiger partial charge is 0.0489 e. The quantitative estimate of drug-likeness (QED) is 0.783. The Balaban J connectivity index is 1.80. The normalized spacial score (nSPS) is 15.5. The summed E-state index contributed by atoms with van der Waals surface area (Å²) in [5.41, 5.74) is 5.63. The lowest BCUT2D eigenvalue weighted by atomic mass is 9.89. The third-order valence-electron chi connectivity index (χ3n) is 4.12. The topological polar surface area (TPSA) is 12.0 Å². The fourth-order valence-electron chi connectivity index (χ4n) is 2.92. The molecule has 0 aliphatic heterocycles. The molecule has 0 saturated heterocycles. The maximum absolute atomic E-state index is 3.59. The van der Waals surface area contributed by atoms with Gasteiger partial charge in [-0.15, -0.1) is 0 Å². The monoisotopic (exact) mass is 329 g/mol. The Morgan fingerprint density at radius 1 is 1.00 bits per heavy atom. The summed E-state index contributed by atoms with van der Waals surface area (Å²) in [5.74, 6) is 0. The molecule has 1 N–H and O–H groups in total. The van der Waals surface area contributed by atoms with Crippen molar-refractivity contribution in [3.63, 3.8) is 0 Å². The van der Waals surface area contributed by atoms with Crippen molar-refractivity contribution >= 4 is 21.6 Å².